The van der Waals surface area contributed by atoms with Crippen molar-refractivity contribution >= 4 is 17.6 Å². The zero-order valence-corrected chi connectivity index (χ0v) is 14.0. The lowest BCUT2D eigenvalue weighted by molar-refractivity contribution is -0.129. The number of ether oxygens (including phenoxy) is 1. The molecule has 2 rings (SSSR count). The molecule has 24 heavy (non-hydrogen) atoms. The Morgan fingerprint density at radius 1 is 1.08 bits per heavy atom. The monoisotopic (exact) mass is 326 g/mol. The number of carbonyl (C=O) groups excluding carboxylic acids is 2. The van der Waals surface area contributed by atoms with Crippen LogP contribution in [0.25, 0.3) is 0 Å². The summed E-state index contributed by atoms with van der Waals surface area (Å²) in [6, 6.07) is 16.8. The largest absolute Gasteiger partial charge is 0.465 e. The topological polar surface area (TPSA) is 58.6 Å². The van der Waals surface area contributed by atoms with Crippen molar-refractivity contribution in [2.75, 3.05) is 25.5 Å². The van der Waals surface area contributed by atoms with Crippen LogP contribution in [-0.2, 0) is 16.1 Å². The number of likely N-dealkylation sites (N-methyl/N-ethyl adjacent to an activating group) is 1. The first-order chi connectivity index (χ1) is 11.6. The number of hydrogen-bond donors (Lipinski definition) is 1. The van der Waals surface area contributed by atoms with Gasteiger partial charge in [-0.2, -0.15) is 0 Å². The van der Waals surface area contributed by atoms with Gasteiger partial charge >= 0.3 is 5.97 Å². The van der Waals surface area contributed by atoms with Gasteiger partial charge in [0.05, 0.1) is 19.2 Å². The molecule has 5 heteroatoms. The Hall–Kier alpha value is -2.82. The van der Waals surface area contributed by atoms with Crippen LogP contribution in [-0.4, -0.2) is 37.0 Å². The number of hydrogen-bond acceptors (Lipinski definition) is 4. The van der Waals surface area contributed by atoms with E-state index in [0.29, 0.717) is 24.3 Å². The zero-order valence-electron chi connectivity index (χ0n) is 14.0. The van der Waals surface area contributed by atoms with Crippen LogP contribution in [0.1, 0.15) is 22.8 Å². The van der Waals surface area contributed by atoms with Crippen LogP contribution in [0.15, 0.2) is 54.6 Å². The van der Waals surface area contributed by atoms with E-state index in [0.717, 1.165) is 5.56 Å². The number of amides is 1. The van der Waals surface area contributed by atoms with Crippen LogP contribution >= 0.6 is 0 Å². The fourth-order valence-corrected chi connectivity index (χ4v) is 2.34. The summed E-state index contributed by atoms with van der Waals surface area (Å²) in [5.41, 5.74) is 2.26. The number of nitrogens with zero attached hydrogens (tertiary/aromatic N) is 1. The molecule has 126 valence electrons. The third-order valence-corrected chi connectivity index (χ3v) is 3.68. The van der Waals surface area contributed by atoms with Gasteiger partial charge in [0.25, 0.3) is 0 Å². The maximum absolute atomic E-state index is 12.4. The van der Waals surface area contributed by atoms with Gasteiger partial charge in [-0.25, -0.2) is 4.79 Å². The molecular weight excluding hydrogens is 304 g/mol. The second kappa shape index (κ2) is 8.72. The summed E-state index contributed by atoms with van der Waals surface area (Å²) in [6.45, 7) is 3.35. The highest BCUT2D eigenvalue weighted by atomic mass is 16.5. The van der Waals surface area contributed by atoms with Crippen LogP contribution in [0.5, 0.6) is 0 Å². The molecule has 0 aromatic heterocycles. The summed E-state index contributed by atoms with van der Waals surface area (Å²) >= 11 is 0. The molecule has 0 fully saturated rings. The zero-order chi connectivity index (χ0) is 17.4. The van der Waals surface area contributed by atoms with E-state index in [1.54, 1.807) is 23.1 Å². The van der Waals surface area contributed by atoms with Crippen LogP contribution in [0, 0.1) is 0 Å². The third kappa shape index (κ3) is 4.84. The van der Waals surface area contributed by atoms with Gasteiger partial charge in [-0.1, -0.05) is 36.4 Å². The summed E-state index contributed by atoms with van der Waals surface area (Å²) in [7, 11) is 1.34. The Labute approximate surface area is 142 Å². The minimum absolute atomic E-state index is 0.00447. The first kappa shape index (κ1) is 17.5. The fraction of sp³-hybridized carbons (Fsp3) is 0.263. The van der Waals surface area contributed by atoms with Crippen molar-refractivity contribution in [1.82, 2.24) is 4.90 Å². The fourth-order valence-electron chi connectivity index (χ4n) is 2.34. The lowest BCUT2D eigenvalue weighted by Crippen LogP contribution is -2.34. The third-order valence-electron chi connectivity index (χ3n) is 3.68. The van der Waals surface area contributed by atoms with E-state index in [1.165, 1.54) is 7.11 Å². The highest BCUT2D eigenvalue weighted by Crippen LogP contribution is 2.12. The minimum Gasteiger partial charge on any atom is -0.465 e. The Morgan fingerprint density at radius 3 is 2.50 bits per heavy atom. The summed E-state index contributed by atoms with van der Waals surface area (Å²) in [5.74, 6) is -0.394. The Bertz CT molecular complexity index is 686. The minimum atomic E-state index is -0.399. The molecule has 0 atom stereocenters. The summed E-state index contributed by atoms with van der Waals surface area (Å²) in [5, 5.41) is 3.07. The van der Waals surface area contributed by atoms with Crippen molar-refractivity contribution in [2.24, 2.45) is 0 Å². The predicted octanol–water partition coefficient (Wildman–Crippen LogP) is 2.93. The summed E-state index contributed by atoms with van der Waals surface area (Å²) in [4.78, 5) is 25.7. The molecule has 5 nitrogen and oxygen atoms in total. The molecule has 0 aliphatic heterocycles. The number of rotatable bonds is 7. The average Bonchev–Trinajstić information content (AvgIpc) is 2.64. The molecule has 2 aromatic rings. The van der Waals surface area contributed by atoms with Gasteiger partial charge in [0.15, 0.2) is 0 Å². The van der Waals surface area contributed by atoms with Gasteiger partial charge in [0, 0.05) is 18.8 Å². The average molecular weight is 326 g/mol. The number of benzene rings is 2. The molecule has 0 unspecified atom stereocenters. The van der Waals surface area contributed by atoms with Gasteiger partial charge in [-0.3, -0.25) is 4.79 Å². The molecule has 1 N–H and O–H groups in total. The Balaban J connectivity index is 1.95. The molecule has 0 saturated carbocycles. The number of anilines is 1. The van der Waals surface area contributed by atoms with E-state index in [4.69, 9.17) is 4.74 Å². The first-order valence-corrected chi connectivity index (χ1v) is 7.88. The molecule has 0 spiro atoms. The molecular formula is C19H22N2O3. The van der Waals surface area contributed by atoms with Crippen molar-refractivity contribution in [3.63, 3.8) is 0 Å². The predicted molar refractivity (Wildman–Crippen MR) is 93.8 cm³/mol. The molecule has 2 aromatic carbocycles. The highest BCUT2D eigenvalue weighted by molar-refractivity contribution is 5.90. The van der Waals surface area contributed by atoms with E-state index in [1.807, 2.05) is 43.3 Å². The van der Waals surface area contributed by atoms with E-state index < -0.39 is 5.97 Å². The quantitative estimate of drug-likeness (QED) is 0.795. The maximum atomic E-state index is 12.4. The molecule has 0 heterocycles. The number of esters is 1. The van der Waals surface area contributed by atoms with Crippen molar-refractivity contribution in [1.29, 1.82) is 0 Å². The number of carbonyl (C=O) groups is 2. The van der Waals surface area contributed by atoms with Gasteiger partial charge in [-0.15, -0.1) is 0 Å². The molecule has 0 aliphatic rings. The van der Waals surface area contributed by atoms with E-state index in [2.05, 4.69) is 5.32 Å². The standard InChI is InChI=1S/C19H22N2O3/c1-3-21(14-15-8-5-4-6-9-15)18(22)13-20-17-11-7-10-16(12-17)19(23)24-2/h4-12,20H,3,13-14H2,1-2H3. The van der Waals surface area contributed by atoms with E-state index >= 15 is 0 Å². The van der Waals surface area contributed by atoms with Crippen LogP contribution in [0.2, 0.25) is 0 Å². The number of methoxy groups -OCH3 is 1. The molecule has 0 bridgehead atoms. The van der Waals surface area contributed by atoms with Crippen LogP contribution in [0.4, 0.5) is 5.69 Å². The normalized spacial score (nSPS) is 10.1. The smallest absolute Gasteiger partial charge is 0.337 e. The van der Waals surface area contributed by atoms with E-state index in [9.17, 15) is 9.59 Å². The second-order valence-electron chi connectivity index (χ2n) is 5.32. The first-order valence-electron chi connectivity index (χ1n) is 7.88. The lowest BCUT2D eigenvalue weighted by Gasteiger charge is -2.21. The molecule has 0 aliphatic carbocycles. The van der Waals surface area contributed by atoms with Crippen molar-refractivity contribution < 1.29 is 14.3 Å². The SMILES string of the molecule is CCN(Cc1ccccc1)C(=O)CNc1cccc(C(=O)OC)c1. The van der Waals surface area contributed by atoms with Gasteiger partial charge < -0.3 is 15.0 Å². The maximum Gasteiger partial charge on any atom is 0.337 e. The van der Waals surface area contributed by atoms with Gasteiger partial charge in [0.1, 0.15) is 0 Å². The van der Waals surface area contributed by atoms with Gasteiger partial charge in [0.2, 0.25) is 5.91 Å². The van der Waals surface area contributed by atoms with Crippen molar-refractivity contribution in [3.8, 4) is 0 Å². The summed E-state index contributed by atoms with van der Waals surface area (Å²) in [6.07, 6.45) is 0. The van der Waals surface area contributed by atoms with Crippen LogP contribution in [0.3, 0.4) is 0 Å². The molecule has 0 radical (unpaired) electrons. The molecule has 0 saturated heterocycles. The van der Waals surface area contributed by atoms with Gasteiger partial charge in [-0.05, 0) is 30.7 Å². The number of nitrogens with one attached hydrogen (secondary N) is 1. The van der Waals surface area contributed by atoms with Crippen LogP contribution < -0.4 is 5.32 Å². The summed E-state index contributed by atoms with van der Waals surface area (Å²) < 4.78 is 4.70. The van der Waals surface area contributed by atoms with E-state index in [-0.39, 0.29) is 12.5 Å². The van der Waals surface area contributed by atoms with Crippen molar-refractivity contribution in [2.45, 2.75) is 13.5 Å². The van der Waals surface area contributed by atoms with Crippen molar-refractivity contribution in [3.05, 3.63) is 65.7 Å². The Kier molecular flexibility index (Phi) is 6.37. The highest BCUT2D eigenvalue weighted by Gasteiger charge is 2.12. The Morgan fingerprint density at radius 2 is 1.83 bits per heavy atom. The molecule has 1 amide bonds. The second-order valence-corrected chi connectivity index (χ2v) is 5.32. The lowest BCUT2D eigenvalue weighted by atomic mass is 10.2.